The lowest BCUT2D eigenvalue weighted by Gasteiger charge is -2.18. The summed E-state index contributed by atoms with van der Waals surface area (Å²) in [6, 6.07) is 8.81. The highest BCUT2D eigenvalue weighted by Crippen LogP contribution is 2.19. The number of aryl methyl sites for hydroxylation is 1. The van der Waals surface area contributed by atoms with Crippen LogP contribution in [0.15, 0.2) is 33.8 Å². The molecule has 0 amide bonds. The van der Waals surface area contributed by atoms with Gasteiger partial charge in [0.15, 0.2) is 11.8 Å². The maximum Gasteiger partial charge on any atom is 0.232 e. The third-order valence-electron chi connectivity index (χ3n) is 4.07. The third kappa shape index (κ3) is 5.58. The molecule has 2 rings (SSSR count). The molecule has 2 N–H and O–H groups in total. The predicted octanol–water partition coefficient (Wildman–Crippen LogP) is 3.75. The van der Waals surface area contributed by atoms with Gasteiger partial charge in [-0.15, -0.1) is 0 Å². The second-order valence-corrected chi connectivity index (χ2v) is 7.42. The molecule has 0 spiro atoms. The number of nitrogens with zero attached hydrogens (tertiary/aromatic N) is 3. The Morgan fingerprint density at radius 1 is 1.19 bits per heavy atom. The van der Waals surface area contributed by atoms with Crippen molar-refractivity contribution in [1.82, 2.24) is 20.8 Å². The molecule has 1 unspecified atom stereocenters. The average molecular weight is 358 g/mol. The Bertz CT molecular complexity index is 713. The largest absolute Gasteiger partial charge is 0.357 e. The summed E-state index contributed by atoms with van der Waals surface area (Å²) in [4.78, 5) is 9.02. The molecule has 6 heteroatoms. The van der Waals surface area contributed by atoms with Gasteiger partial charge in [-0.2, -0.15) is 4.98 Å². The van der Waals surface area contributed by atoms with Crippen molar-refractivity contribution in [1.29, 1.82) is 0 Å². The van der Waals surface area contributed by atoms with E-state index in [1.807, 2.05) is 27.7 Å². The molecule has 0 aliphatic carbocycles. The van der Waals surface area contributed by atoms with E-state index in [1.165, 1.54) is 11.1 Å². The van der Waals surface area contributed by atoms with Crippen molar-refractivity contribution in [2.75, 3.05) is 6.54 Å². The molecule has 1 aromatic heterocycles. The van der Waals surface area contributed by atoms with Crippen LogP contribution in [0.3, 0.4) is 0 Å². The van der Waals surface area contributed by atoms with Crippen LogP contribution in [0.2, 0.25) is 0 Å². The van der Waals surface area contributed by atoms with Gasteiger partial charge in [0, 0.05) is 12.0 Å². The molecule has 0 saturated heterocycles. The minimum absolute atomic E-state index is 0.147. The number of guanidine groups is 1. The number of nitrogens with one attached hydrogen (secondary N) is 2. The molecule has 0 fully saturated rings. The first kappa shape index (κ1) is 19.9. The Hall–Kier alpha value is -2.37. The fourth-order valence-corrected chi connectivity index (χ4v) is 2.42. The normalized spacial score (nSPS) is 13.5. The van der Waals surface area contributed by atoms with E-state index >= 15 is 0 Å². The lowest BCUT2D eigenvalue weighted by Crippen LogP contribution is -2.38. The zero-order valence-corrected chi connectivity index (χ0v) is 16.8. The molecule has 2 aromatic rings. The van der Waals surface area contributed by atoms with Crippen LogP contribution in [0, 0.1) is 0 Å². The zero-order chi connectivity index (χ0) is 19.2. The second-order valence-electron chi connectivity index (χ2n) is 7.42. The minimum atomic E-state index is -0.156. The fourth-order valence-electron chi connectivity index (χ4n) is 2.42. The molecule has 142 valence electrons. The SMILES string of the molecule is CCNC(=NCc1noc(C(C)(C)C)n1)NC(C)c1ccc(CC)cc1. The van der Waals surface area contributed by atoms with Gasteiger partial charge >= 0.3 is 0 Å². The average Bonchev–Trinajstić information content (AvgIpc) is 3.09. The Kier molecular flexibility index (Phi) is 6.77. The summed E-state index contributed by atoms with van der Waals surface area (Å²) in [6.45, 7) is 13.6. The molecule has 0 aliphatic rings. The van der Waals surface area contributed by atoms with Crippen molar-refractivity contribution in [3.05, 3.63) is 47.1 Å². The highest BCUT2D eigenvalue weighted by atomic mass is 16.5. The molecule has 0 radical (unpaired) electrons. The number of aliphatic imine (C=N–C) groups is 1. The van der Waals surface area contributed by atoms with Gasteiger partial charge in [-0.3, -0.25) is 0 Å². The van der Waals surface area contributed by atoms with Crippen LogP contribution in [-0.2, 0) is 18.4 Å². The van der Waals surface area contributed by atoms with Crippen molar-refractivity contribution in [2.45, 2.75) is 66.0 Å². The number of aromatic nitrogens is 2. The van der Waals surface area contributed by atoms with Crippen molar-refractivity contribution in [3.63, 3.8) is 0 Å². The lowest BCUT2D eigenvalue weighted by molar-refractivity contribution is 0.318. The molecule has 1 atom stereocenters. The van der Waals surface area contributed by atoms with E-state index in [-0.39, 0.29) is 11.5 Å². The monoisotopic (exact) mass is 357 g/mol. The van der Waals surface area contributed by atoms with Crippen molar-refractivity contribution in [3.8, 4) is 0 Å². The van der Waals surface area contributed by atoms with Gasteiger partial charge in [0.1, 0.15) is 6.54 Å². The quantitative estimate of drug-likeness (QED) is 0.608. The van der Waals surface area contributed by atoms with Crippen molar-refractivity contribution < 1.29 is 4.52 Å². The Morgan fingerprint density at radius 3 is 2.42 bits per heavy atom. The van der Waals surface area contributed by atoms with Crippen molar-refractivity contribution >= 4 is 5.96 Å². The number of hydrogen-bond donors (Lipinski definition) is 2. The standard InChI is InChI=1S/C20H31N5O/c1-7-15-9-11-16(12-10-15)14(3)23-19(21-8-2)22-13-17-24-18(26-25-17)20(4,5)6/h9-12,14H,7-8,13H2,1-6H3,(H2,21,22,23). The molecular weight excluding hydrogens is 326 g/mol. The van der Waals surface area contributed by atoms with Crippen LogP contribution in [-0.4, -0.2) is 22.6 Å². The van der Waals surface area contributed by atoms with Gasteiger partial charge in [0.2, 0.25) is 5.89 Å². The van der Waals surface area contributed by atoms with Gasteiger partial charge in [-0.25, -0.2) is 4.99 Å². The molecule has 0 aliphatic heterocycles. The predicted molar refractivity (Wildman–Crippen MR) is 105 cm³/mol. The fraction of sp³-hybridized carbons (Fsp3) is 0.550. The summed E-state index contributed by atoms with van der Waals surface area (Å²) in [5, 5.41) is 10.7. The van der Waals surface area contributed by atoms with Crippen molar-refractivity contribution in [2.24, 2.45) is 4.99 Å². The Balaban J connectivity index is 2.04. The van der Waals surface area contributed by atoms with Gasteiger partial charge in [0.25, 0.3) is 0 Å². The van der Waals surface area contributed by atoms with E-state index < -0.39 is 0 Å². The van der Waals surface area contributed by atoms with Crippen LogP contribution >= 0.6 is 0 Å². The van der Waals surface area contributed by atoms with Crippen LogP contribution in [0.4, 0.5) is 0 Å². The highest BCUT2D eigenvalue weighted by Gasteiger charge is 2.21. The molecule has 6 nitrogen and oxygen atoms in total. The summed E-state index contributed by atoms with van der Waals surface area (Å²) in [7, 11) is 0. The van der Waals surface area contributed by atoms with Crippen LogP contribution in [0.5, 0.6) is 0 Å². The van der Waals surface area contributed by atoms with Gasteiger partial charge in [0.05, 0.1) is 6.04 Å². The summed E-state index contributed by atoms with van der Waals surface area (Å²) >= 11 is 0. The van der Waals surface area contributed by atoms with E-state index in [1.54, 1.807) is 0 Å². The Labute approximate surface area is 156 Å². The zero-order valence-electron chi connectivity index (χ0n) is 16.8. The number of rotatable bonds is 6. The maximum atomic E-state index is 5.32. The Morgan fingerprint density at radius 2 is 1.88 bits per heavy atom. The van der Waals surface area contributed by atoms with Crippen LogP contribution in [0.1, 0.15) is 70.4 Å². The van der Waals surface area contributed by atoms with Gasteiger partial charge < -0.3 is 15.2 Å². The molecule has 0 bridgehead atoms. The molecule has 0 saturated carbocycles. The third-order valence-corrected chi connectivity index (χ3v) is 4.07. The lowest BCUT2D eigenvalue weighted by atomic mass is 9.97. The molecular formula is C20H31N5O. The second kappa shape index (κ2) is 8.83. The van der Waals surface area contributed by atoms with E-state index in [2.05, 4.69) is 63.9 Å². The first-order valence-corrected chi connectivity index (χ1v) is 9.30. The first-order chi connectivity index (χ1) is 12.3. The van der Waals surface area contributed by atoms with E-state index in [9.17, 15) is 0 Å². The van der Waals surface area contributed by atoms with Gasteiger partial charge in [-0.1, -0.05) is 57.1 Å². The van der Waals surface area contributed by atoms with E-state index in [0.717, 1.165) is 18.9 Å². The molecule has 26 heavy (non-hydrogen) atoms. The molecule has 1 heterocycles. The van der Waals surface area contributed by atoms with E-state index in [0.29, 0.717) is 18.3 Å². The van der Waals surface area contributed by atoms with E-state index in [4.69, 9.17) is 4.52 Å². The van der Waals surface area contributed by atoms with Gasteiger partial charge in [-0.05, 0) is 31.4 Å². The van der Waals surface area contributed by atoms with Crippen LogP contribution in [0.25, 0.3) is 0 Å². The topological polar surface area (TPSA) is 75.3 Å². The summed E-state index contributed by atoms with van der Waals surface area (Å²) in [5.41, 5.74) is 2.41. The minimum Gasteiger partial charge on any atom is -0.357 e. The smallest absolute Gasteiger partial charge is 0.232 e. The highest BCUT2D eigenvalue weighted by molar-refractivity contribution is 5.80. The summed E-state index contributed by atoms with van der Waals surface area (Å²) in [5.74, 6) is 1.96. The first-order valence-electron chi connectivity index (χ1n) is 9.30. The number of hydrogen-bond acceptors (Lipinski definition) is 4. The maximum absolute atomic E-state index is 5.32. The van der Waals surface area contributed by atoms with Crippen LogP contribution < -0.4 is 10.6 Å². The number of benzene rings is 1. The summed E-state index contributed by atoms with van der Waals surface area (Å²) < 4.78 is 5.32. The molecule has 1 aromatic carbocycles. The summed E-state index contributed by atoms with van der Waals surface area (Å²) in [6.07, 6.45) is 1.05.